The molecule has 0 spiro atoms. The molecule has 3 rings (SSSR count). The highest BCUT2D eigenvalue weighted by molar-refractivity contribution is 6.33. The highest BCUT2D eigenvalue weighted by Gasteiger charge is 2.19. The van der Waals surface area contributed by atoms with E-state index < -0.39 is 16.7 Å². The molecule has 3 aromatic rings. The van der Waals surface area contributed by atoms with E-state index in [1.165, 1.54) is 28.9 Å². The van der Waals surface area contributed by atoms with Crippen LogP contribution in [-0.2, 0) is 0 Å². The Balaban J connectivity index is 1.75. The third-order valence-electron chi connectivity index (χ3n) is 3.80. The van der Waals surface area contributed by atoms with Crippen molar-refractivity contribution >= 4 is 29.1 Å². The number of hydrogen-bond donors (Lipinski definition) is 2. The standard InChI is InChI=1S/C17H13ClN6O4/c1-10-15(17(26)21-20-16(25)13-7-2-3-8-14(13)18)19-22-23(10)11-5-4-6-12(9-11)24(27)28/h2-9H,1H3,(H,20,25)(H,21,26). The number of aromatic nitrogens is 3. The summed E-state index contributed by atoms with van der Waals surface area (Å²) in [4.78, 5) is 34.8. The molecule has 0 fully saturated rings. The van der Waals surface area contributed by atoms with Crippen molar-refractivity contribution in [3.8, 4) is 5.69 Å². The second-order valence-electron chi connectivity index (χ2n) is 5.60. The van der Waals surface area contributed by atoms with Crippen LogP contribution in [0.2, 0.25) is 5.02 Å². The molecule has 11 heteroatoms. The topological polar surface area (TPSA) is 132 Å². The zero-order valence-corrected chi connectivity index (χ0v) is 15.2. The van der Waals surface area contributed by atoms with E-state index in [9.17, 15) is 19.7 Å². The first-order chi connectivity index (χ1) is 13.4. The van der Waals surface area contributed by atoms with Crippen molar-refractivity contribution in [3.63, 3.8) is 0 Å². The summed E-state index contributed by atoms with van der Waals surface area (Å²) in [6.45, 7) is 1.57. The molecular weight excluding hydrogens is 388 g/mol. The summed E-state index contributed by atoms with van der Waals surface area (Å²) in [5.74, 6) is -1.29. The van der Waals surface area contributed by atoms with Crippen molar-refractivity contribution < 1.29 is 14.5 Å². The summed E-state index contributed by atoms with van der Waals surface area (Å²) in [7, 11) is 0. The number of hydrazine groups is 1. The van der Waals surface area contributed by atoms with E-state index in [1.54, 1.807) is 31.2 Å². The Labute approximate surface area is 163 Å². The number of rotatable bonds is 4. The second-order valence-corrected chi connectivity index (χ2v) is 6.01. The van der Waals surface area contributed by atoms with E-state index in [2.05, 4.69) is 21.2 Å². The highest BCUT2D eigenvalue weighted by Crippen LogP contribution is 2.18. The van der Waals surface area contributed by atoms with Gasteiger partial charge in [0.25, 0.3) is 17.5 Å². The molecule has 0 bridgehead atoms. The van der Waals surface area contributed by atoms with Crippen LogP contribution in [0.25, 0.3) is 5.69 Å². The molecule has 0 aliphatic heterocycles. The van der Waals surface area contributed by atoms with Crippen LogP contribution in [0, 0.1) is 17.0 Å². The fourth-order valence-electron chi connectivity index (χ4n) is 2.41. The maximum atomic E-state index is 12.3. The van der Waals surface area contributed by atoms with Gasteiger partial charge in [0.1, 0.15) is 0 Å². The van der Waals surface area contributed by atoms with Gasteiger partial charge in [-0.3, -0.25) is 30.6 Å². The number of non-ortho nitro benzene ring substituents is 1. The van der Waals surface area contributed by atoms with Gasteiger partial charge in [-0.25, -0.2) is 4.68 Å². The van der Waals surface area contributed by atoms with E-state index in [-0.39, 0.29) is 22.0 Å². The van der Waals surface area contributed by atoms with Crippen LogP contribution in [0.4, 0.5) is 5.69 Å². The molecule has 0 aliphatic rings. The molecular formula is C17H13ClN6O4. The minimum absolute atomic E-state index is 0.0500. The summed E-state index contributed by atoms with van der Waals surface area (Å²) in [6, 6.07) is 12.1. The molecule has 0 saturated carbocycles. The molecule has 2 aromatic carbocycles. The minimum Gasteiger partial charge on any atom is -0.267 e. The number of benzene rings is 2. The van der Waals surface area contributed by atoms with Crippen molar-refractivity contribution in [1.29, 1.82) is 0 Å². The van der Waals surface area contributed by atoms with E-state index in [0.29, 0.717) is 11.4 Å². The summed E-state index contributed by atoms with van der Waals surface area (Å²) >= 11 is 5.94. The third kappa shape index (κ3) is 3.81. The number of hydrogen-bond acceptors (Lipinski definition) is 6. The maximum absolute atomic E-state index is 12.3. The zero-order valence-electron chi connectivity index (χ0n) is 14.4. The molecule has 0 atom stereocenters. The van der Waals surface area contributed by atoms with Crippen LogP contribution < -0.4 is 10.9 Å². The summed E-state index contributed by atoms with van der Waals surface area (Å²) < 4.78 is 1.29. The first-order valence-corrected chi connectivity index (χ1v) is 8.28. The largest absolute Gasteiger partial charge is 0.292 e. The van der Waals surface area contributed by atoms with E-state index in [1.807, 2.05) is 0 Å². The fraction of sp³-hybridized carbons (Fsp3) is 0.0588. The Bertz CT molecular complexity index is 1080. The molecule has 2 N–H and O–H groups in total. The van der Waals surface area contributed by atoms with Gasteiger partial charge < -0.3 is 0 Å². The fourth-order valence-corrected chi connectivity index (χ4v) is 2.63. The van der Waals surface area contributed by atoms with Gasteiger partial charge in [0, 0.05) is 12.1 Å². The van der Waals surface area contributed by atoms with Crippen molar-refractivity contribution in [2.45, 2.75) is 6.92 Å². The normalized spacial score (nSPS) is 10.4. The molecule has 1 aromatic heterocycles. The lowest BCUT2D eigenvalue weighted by molar-refractivity contribution is -0.384. The number of carbonyl (C=O) groups excluding carboxylic acids is 2. The first-order valence-electron chi connectivity index (χ1n) is 7.91. The molecule has 2 amide bonds. The van der Waals surface area contributed by atoms with Crippen LogP contribution in [0.1, 0.15) is 26.5 Å². The average Bonchev–Trinajstić information content (AvgIpc) is 3.07. The molecule has 142 valence electrons. The quantitative estimate of drug-likeness (QED) is 0.509. The van der Waals surface area contributed by atoms with Gasteiger partial charge in [0.05, 0.1) is 26.9 Å². The van der Waals surface area contributed by atoms with Crippen molar-refractivity contribution in [3.05, 3.63) is 80.6 Å². The van der Waals surface area contributed by atoms with Crippen LogP contribution in [0.3, 0.4) is 0 Å². The van der Waals surface area contributed by atoms with Crippen molar-refractivity contribution in [2.24, 2.45) is 0 Å². The SMILES string of the molecule is Cc1c(C(=O)NNC(=O)c2ccccc2Cl)nnn1-c1cccc([N+](=O)[O-])c1. The predicted octanol–water partition coefficient (Wildman–Crippen LogP) is 2.21. The minimum atomic E-state index is -0.699. The lowest BCUT2D eigenvalue weighted by Crippen LogP contribution is -2.42. The molecule has 1 heterocycles. The van der Waals surface area contributed by atoms with Gasteiger partial charge in [-0.1, -0.05) is 35.0 Å². The lowest BCUT2D eigenvalue weighted by atomic mass is 10.2. The number of nitrogens with one attached hydrogen (secondary N) is 2. The summed E-state index contributed by atoms with van der Waals surface area (Å²) in [6.07, 6.45) is 0. The number of nitrogens with zero attached hydrogens (tertiary/aromatic N) is 4. The Hall–Kier alpha value is -3.79. The maximum Gasteiger partial charge on any atom is 0.292 e. The third-order valence-corrected chi connectivity index (χ3v) is 4.13. The summed E-state index contributed by atoms with van der Waals surface area (Å²) in [5.41, 5.74) is 5.22. The van der Waals surface area contributed by atoms with Crippen molar-refractivity contribution in [1.82, 2.24) is 25.8 Å². The van der Waals surface area contributed by atoms with Crippen molar-refractivity contribution in [2.75, 3.05) is 0 Å². The Morgan fingerprint density at radius 2 is 1.82 bits per heavy atom. The van der Waals surface area contributed by atoms with Gasteiger partial charge in [-0.05, 0) is 25.1 Å². The highest BCUT2D eigenvalue weighted by atomic mass is 35.5. The van der Waals surface area contributed by atoms with Crippen LogP contribution in [-0.4, -0.2) is 31.7 Å². The zero-order chi connectivity index (χ0) is 20.3. The Morgan fingerprint density at radius 1 is 1.11 bits per heavy atom. The molecule has 28 heavy (non-hydrogen) atoms. The van der Waals surface area contributed by atoms with Gasteiger partial charge in [0.2, 0.25) is 0 Å². The smallest absolute Gasteiger partial charge is 0.267 e. The summed E-state index contributed by atoms with van der Waals surface area (Å²) in [5, 5.41) is 18.8. The number of nitro benzene ring substituents is 1. The second kappa shape index (κ2) is 7.84. The molecule has 0 unspecified atom stereocenters. The van der Waals surface area contributed by atoms with Crippen LogP contribution in [0.15, 0.2) is 48.5 Å². The van der Waals surface area contributed by atoms with E-state index >= 15 is 0 Å². The number of halogens is 1. The monoisotopic (exact) mass is 400 g/mol. The van der Waals surface area contributed by atoms with E-state index in [4.69, 9.17) is 11.6 Å². The van der Waals surface area contributed by atoms with Crippen LogP contribution in [0.5, 0.6) is 0 Å². The number of carbonyl (C=O) groups is 2. The van der Waals surface area contributed by atoms with E-state index in [0.717, 1.165) is 0 Å². The number of nitro groups is 1. The molecule has 0 radical (unpaired) electrons. The Kier molecular flexibility index (Phi) is 5.32. The molecule has 0 aliphatic carbocycles. The Morgan fingerprint density at radius 3 is 2.54 bits per heavy atom. The van der Waals surface area contributed by atoms with Gasteiger partial charge in [-0.15, -0.1) is 5.10 Å². The van der Waals surface area contributed by atoms with Gasteiger partial charge in [-0.2, -0.15) is 0 Å². The first kappa shape index (κ1) is 19.0. The van der Waals surface area contributed by atoms with Gasteiger partial charge >= 0.3 is 0 Å². The predicted molar refractivity (Wildman–Crippen MR) is 99.1 cm³/mol. The molecule has 10 nitrogen and oxygen atoms in total. The molecule has 0 saturated heterocycles. The average molecular weight is 401 g/mol. The van der Waals surface area contributed by atoms with Gasteiger partial charge in [0.15, 0.2) is 5.69 Å². The van der Waals surface area contributed by atoms with Crippen LogP contribution >= 0.6 is 11.6 Å². The lowest BCUT2D eigenvalue weighted by Gasteiger charge is -2.08. The number of amides is 2.